The molecule has 1 atom stereocenters. The standard InChI is InChI=1S/C14H21N5S2/c1-9-7-18(3)5-4-6-19(9)14-12(13(15)17-21-14)11-8-20-10(2)16-11/h8-9H,4-7H2,1-3H3,(H2,15,17). The quantitative estimate of drug-likeness (QED) is 0.921. The molecule has 1 saturated heterocycles. The number of nitrogens with two attached hydrogens (primary N) is 1. The highest BCUT2D eigenvalue weighted by Gasteiger charge is 2.26. The van der Waals surface area contributed by atoms with Crippen LogP contribution in [0.3, 0.4) is 0 Å². The van der Waals surface area contributed by atoms with Gasteiger partial charge >= 0.3 is 0 Å². The smallest absolute Gasteiger partial charge is 0.148 e. The minimum atomic E-state index is 0.454. The number of hydrogen-bond acceptors (Lipinski definition) is 7. The Labute approximate surface area is 133 Å². The summed E-state index contributed by atoms with van der Waals surface area (Å²) in [6.45, 7) is 7.54. The highest BCUT2D eigenvalue weighted by Crippen LogP contribution is 2.40. The van der Waals surface area contributed by atoms with Crippen LogP contribution in [0.25, 0.3) is 11.3 Å². The van der Waals surface area contributed by atoms with E-state index in [-0.39, 0.29) is 0 Å². The van der Waals surface area contributed by atoms with Crippen LogP contribution in [-0.4, -0.2) is 47.0 Å². The Balaban J connectivity index is 1.99. The molecule has 21 heavy (non-hydrogen) atoms. The van der Waals surface area contributed by atoms with Crippen LogP contribution in [0.15, 0.2) is 5.38 Å². The van der Waals surface area contributed by atoms with Gasteiger partial charge in [0.25, 0.3) is 0 Å². The van der Waals surface area contributed by atoms with Crippen molar-refractivity contribution < 1.29 is 0 Å². The fourth-order valence-corrected chi connectivity index (χ4v) is 4.44. The van der Waals surface area contributed by atoms with Crippen LogP contribution < -0.4 is 10.6 Å². The van der Waals surface area contributed by atoms with Crippen molar-refractivity contribution in [1.29, 1.82) is 0 Å². The van der Waals surface area contributed by atoms with Gasteiger partial charge in [-0.05, 0) is 45.4 Å². The molecule has 2 aromatic rings. The lowest BCUT2D eigenvalue weighted by Crippen LogP contribution is -2.37. The Morgan fingerprint density at radius 2 is 2.19 bits per heavy atom. The normalized spacial score (nSPS) is 20.7. The predicted molar refractivity (Wildman–Crippen MR) is 91.3 cm³/mol. The molecule has 5 nitrogen and oxygen atoms in total. The molecule has 0 spiro atoms. The molecule has 0 radical (unpaired) electrons. The Hall–Kier alpha value is -1.18. The minimum Gasteiger partial charge on any atom is -0.382 e. The summed E-state index contributed by atoms with van der Waals surface area (Å²) in [7, 11) is 2.19. The predicted octanol–water partition coefficient (Wildman–Crippen LogP) is 2.69. The van der Waals surface area contributed by atoms with Crippen LogP contribution in [-0.2, 0) is 0 Å². The summed E-state index contributed by atoms with van der Waals surface area (Å²) in [6, 6.07) is 0.454. The number of aryl methyl sites for hydroxylation is 1. The maximum absolute atomic E-state index is 6.13. The molecule has 1 aliphatic heterocycles. The lowest BCUT2D eigenvalue weighted by molar-refractivity contribution is 0.337. The van der Waals surface area contributed by atoms with Crippen molar-refractivity contribution >= 4 is 33.7 Å². The molecular formula is C14H21N5S2. The summed E-state index contributed by atoms with van der Waals surface area (Å²) in [5, 5.41) is 4.30. The van der Waals surface area contributed by atoms with E-state index in [0.717, 1.165) is 42.3 Å². The number of thiazole rings is 1. The number of nitrogen functional groups attached to an aromatic ring is 1. The van der Waals surface area contributed by atoms with Gasteiger partial charge in [0.2, 0.25) is 0 Å². The van der Waals surface area contributed by atoms with Crippen LogP contribution in [0, 0.1) is 6.92 Å². The van der Waals surface area contributed by atoms with Gasteiger partial charge in [-0.2, -0.15) is 4.37 Å². The van der Waals surface area contributed by atoms with E-state index in [2.05, 4.69) is 38.5 Å². The fraction of sp³-hybridized carbons (Fsp3) is 0.571. The summed E-state index contributed by atoms with van der Waals surface area (Å²) < 4.78 is 4.39. The van der Waals surface area contributed by atoms with Crippen molar-refractivity contribution in [2.75, 3.05) is 37.3 Å². The van der Waals surface area contributed by atoms with E-state index in [1.54, 1.807) is 11.3 Å². The molecule has 3 heterocycles. The molecule has 1 unspecified atom stereocenters. The highest BCUT2D eigenvalue weighted by molar-refractivity contribution is 7.11. The molecule has 0 saturated carbocycles. The molecule has 2 aromatic heterocycles. The van der Waals surface area contributed by atoms with Gasteiger partial charge in [0, 0.05) is 24.5 Å². The second-order valence-electron chi connectivity index (χ2n) is 5.66. The van der Waals surface area contributed by atoms with Gasteiger partial charge in [0.05, 0.1) is 16.3 Å². The molecule has 2 N–H and O–H groups in total. The first-order chi connectivity index (χ1) is 10.1. The van der Waals surface area contributed by atoms with Crippen molar-refractivity contribution in [3.63, 3.8) is 0 Å². The topological polar surface area (TPSA) is 58.3 Å². The molecule has 0 amide bonds. The monoisotopic (exact) mass is 323 g/mol. The van der Waals surface area contributed by atoms with E-state index < -0.39 is 0 Å². The average molecular weight is 323 g/mol. The van der Waals surface area contributed by atoms with Gasteiger partial charge in [-0.25, -0.2) is 4.98 Å². The lowest BCUT2D eigenvalue weighted by atomic mass is 10.2. The Morgan fingerprint density at radius 3 is 2.90 bits per heavy atom. The Bertz CT molecular complexity index is 621. The van der Waals surface area contributed by atoms with E-state index in [0.29, 0.717) is 11.9 Å². The molecule has 3 rings (SSSR count). The zero-order valence-corrected chi connectivity index (χ0v) is 14.3. The molecule has 0 aromatic carbocycles. The van der Waals surface area contributed by atoms with E-state index in [1.165, 1.54) is 16.5 Å². The van der Waals surface area contributed by atoms with Crippen LogP contribution in [0.4, 0.5) is 10.8 Å². The third-order valence-corrected chi connectivity index (χ3v) is 5.56. The summed E-state index contributed by atoms with van der Waals surface area (Å²) >= 11 is 3.15. The molecule has 1 aliphatic rings. The highest BCUT2D eigenvalue weighted by atomic mass is 32.1. The lowest BCUT2D eigenvalue weighted by Gasteiger charge is -2.29. The maximum Gasteiger partial charge on any atom is 0.148 e. The molecule has 7 heteroatoms. The molecule has 1 fully saturated rings. The van der Waals surface area contributed by atoms with Crippen molar-refractivity contribution in [3.8, 4) is 11.3 Å². The second kappa shape index (κ2) is 5.90. The summed E-state index contributed by atoms with van der Waals surface area (Å²) in [4.78, 5) is 9.44. The van der Waals surface area contributed by atoms with E-state index in [9.17, 15) is 0 Å². The first-order valence-corrected chi connectivity index (χ1v) is 8.84. The third kappa shape index (κ3) is 2.90. The maximum atomic E-state index is 6.13. The molecule has 0 bridgehead atoms. The first-order valence-electron chi connectivity index (χ1n) is 7.19. The number of rotatable bonds is 2. The fourth-order valence-electron chi connectivity index (χ4n) is 2.88. The SMILES string of the molecule is Cc1nc(-c2c(N)nsc2N2CCCN(C)CC2C)cs1. The summed E-state index contributed by atoms with van der Waals surface area (Å²) in [5.74, 6) is 0.602. The number of hydrogen-bond donors (Lipinski definition) is 1. The molecule has 0 aliphatic carbocycles. The van der Waals surface area contributed by atoms with Crippen LogP contribution >= 0.6 is 22.9 Å². The van der Waals surface area contributed by atoms with Crippen LogP contribution in [0.1, 0.15) is 18.4 Å². The largest absolute Gasteiger partial charge is 0.382 e. The zero-order chi connectivity index (χ0) is 15.0. The zero-order valence-electron chi connectivity index (χ0n) is 12.7. The Kier molecular flexibility index (Phi) is 4.14. The molecule has 114 valence electrons. The van der Waals surface area contributed by atoms with Crippen LogP contribution in [0.5, 0.6) is 0 Å². The number of likely N-dealkylation sites (N-methyl/N-ethyl adjacent to an activating group) is 1. The molecular weight excluding hydrogens is 302 g/mol. The number of aromatic nitrogens is 2. The second-order valence-corrected chi connectivity index (χ2v) is 7.47. The van der Waals surface area contributed by atoms with Gasteiger partial charge in [0.15, 0.2) is 0 Å². The van der Waals surface area contributed by atoms with Gasteiger partial charge in [0.1, 0.15) is 10.8 Å². The van der Waals surface area contributed by atoms with Crippen LogP contribution in [0.2, 0.25) is 0 Å². The van der Waals surface area contributed by atoms with Crippen molar-refractivity contribution in [3.05, 3.63) is 10.4 Å². The van der Waals surface area contributed by atoms with Gasteiger partial charge in [-0.3, -0.25) is 0 Å². The van der Waals surface area contributed by atoms with Gasteiger partial charge in [-0.1, -0.05) is 0 Å². The average Bonchev–Trinajstić information content (AvgIpc) is 2.96. The van der Waals surface area contributed by atoms with E-state index in [1.807, 2.05) is 6.92 Å². The van der Waals surface area contributed by atoms with E-state index >= 15 is 0 Å². The number of nitrogens with zero attached hydrogens (tertiary/aromatic N) is 4. The third-order valence-electron chi connectivity index (χ3n) is 3.88. The summed E-state index contributed by atoms with van der Waals surface area (Å²) in [5.41, 5.74) is 8.10. The first kappa shape index (κ1) is 14.7. The van der Waals surface area contributed by atoms with Crippen molar-refractivity contribution in [2.45, 2.75) is 26.3 Å². The van der Waals surface area contributed by atoms with Gasteiger partial charge in [-0.15, -0.1) is 11.3 Å². The van der Waals surface area contributed by atoms with Gasteiger partial charge < -0.3 is 15.5 Å². The van der Waals surface area contributed by atoms with Crippen molar-refractivity contribution in [2.24, 2.45) is 0 Å². The minimum absolute atomic E-state index is 0.454. The number of anilines is 2. The summed E-state index contributed by atoms with van der Waals surface area (Å²) in [6.07, 6.45) is 1.16. The Morgan fingerprint density at radius 1 is 1.38 bits per heavy atom. The van der Waals surface area contributed by atoms with Crippen molar-refractivity contribution in [1.82, 2.24) is 14.3 Å². The van der Waals surface area contributed by atoms with E-state index in [4.69, 9.17) is 5.73 Å².